The quantitative estimate of drug-likeness (QED) is 0.542. The standard InChI is InChI=1S/C21H20N2O6/c1-28-15-7-4-6-14(12-15)22-18(24)13-29-19(25)10-5-11-23-20(26)16-8-2-3-9-17(16)21(23)27/h2-4,6-9,12H,5,10-11,13H2,1H3,(H,22,24). The number of hydrogen-bond acceptors (Lipinski definition) is 6. The van der Waals surface area contributed by atoms with E-state index in [1.54, 1.807) is 48.5 Å². The fourth-order valence-electron chi connectivity index (χ4n) is 2.94. The number of nitrogens with one attached hydrogen (secondary N) is 1. The number of fused-ring (bicyclic) bond motifs is 1. The van der Waals surface area contributed by atoms with Gasteiger partial charge in [-0.05, 0) is 30.7 Å². The number of nitrogens with zero attached hydrogens (tertiary/aromatic N) is 1. The Morgan fingerprint density at radius 3 is 2.34 bits per heavy atom. The predicted octanol–water partition coefficient (Wildman–Crippen LogP) is 2.25. The van der Waals surface area contributed by atoms with Crippen LogP contribution in [0.15, 0.2) is 48.5 Å². The molecule has 1 aliphatic heterocycles. The first-order valence-electron chi connectivity index (χ1n) is 9.04. The molecule has 1 aliphatic rings. The van der Waals surface area contributed by atoms with E-state index < -0.39 is 18.5 Å². The number of methoxy groups -OCH3 is 1. The molecule has 150 valence electrons. The molecule has 8 heteroatoms. The summed E-state index contributed by atoms with van der Waals surface area (Å²) < 4.78 is 10.0. The monoisotopic (exact) mass is 396 g/mol. The molecule has 8 nitrogen and oxygen atoms in total. The van der Waals surface area contributed by atoms with E-state index in [0.29, 0.717) is 22.6 Å². The van der Waals surface area contributed by atoms with E-state index in [4.69, 9.17) is 9.47 Å². The Labute approximate surface area is 167 Å². The highest BCUT2D eigenvalue weighted by molar-refractivity contribution is 6.21. The van der Waals surface area contributed by atoms with Crippen molar-refractivity contribution >= 4 is 29.4 Å². The molecule has 3 rings (SSSR count). The lowest BCUT2D eigenvalue weighted by Gasteiger charge is -2.13. The largest absolute Gasteiger partial charge is 0.497 e. The van der Waals surface area contributed by atoms with Gasteiger partial charge < -0.3 is 14.8 Å². The minimum Gasteiger partial charge on any atom is -0.497 e. The van der Waals surface area contributed by atoms with Gasteiger partial charge in [-0.2, -0.15) is 0 Å². The number of rotatable bonds is 8. The van der Waals surface area contributed by atoms with Crippen LogP contribution >= 0.6 is 0 Å². The average molecular weight is 396 g/mol. The van der Waals surface area contributed by atoms with Crippen LogP contribution in [0.3, 0.4) is 0 Å². The molecule has 0 radical (unpaired) electrons. The summed E-state index contributed by atoms with van der Waals surface area (Å²) in [6, 6.07) is 13.4. The number of carbonyl (C=O) groups is 4. The summed E-state index contributed by atoms with van der Waals surface area (Å²) in [6.45, 7) is -0.319. The van der Waals surface area contributed by atoms with Gasteiger partial charge in [0.05, 0.1) is 18.2 Å². The highest BCUT2D eigenvalue weighted by Crippen LogP contribution is 2.22. The van der Waals surface area contributed by atoms with Gasteiger partial charge in [0.2, 0.25) is 0 Å². The molecule has 0 atom stereocenters. The highest BCUT2D eigenvalue weighted by atomic mass is 16.5. The normalized spacial score (nSPS) is 12.5. The van der Waals surface area contributed by atoms with Crippen molar-refractivity contribution in [3.05, 3.63) is 59.7 Å². The second-order valence-electron chi connectivity index (χ2n) is 6.35. The van der Waals surface area contributed by atoms with Gasteiger partial charge in [-0.1, -0.05) is 18.2 Å². The van der Waals surface area contributed by atoms with E-state index >= 15 is 0 Å². The fraction of sp³-hybridized carbons (Fsp3) is 0.238. The second-order valence-corrected chi connectivity index (χ2v) is 6.35. The number of benzene rings is 2. The smallest absolute Gasteiger partial charge is 0.306 e. The maximum Gasteiger partial charge on any atom is 0.306 e. The minimum absolute atomic E-state index is 0.0140. The molecule has 0 unspecified atom stereocenters. The predicted molar refractivity (Wildman–Crippen MR) is 104 cm³/mol. The number of anilines is 1. The number of esters is 1. The molecule has 1 heterocycles. The topological polar surface area (TPSA) is 102 Å². The van der Waals surface area contributed by atoms with Crippen LogP contribution in [-0.4, -0.2) is 48.9 Å². The highest BCUT2D eigenvalue weighted by Gasteiger charge is 2.34. The zero-order valence-electron chi connectivity index (χ0n) is 15.8. The van der Waals surface area contributed by atoms with E-state index in [0.717, 1.165) is 4.90 Å². The van der Waals surface area contributed by atoms with Crippen molar-refractivity contribution in [1.29, 1.82) is 0 Å². The molecule has 2 aromatic rings. The molecule has 0 saturated heterocycles. The molecular formula is C21H20N2O6. The van der Waals surface area contributed by atoms with Crippen molar-refractivity contribution in [2.24, 2.45) is 0 Å². The number of ether oxygens (including phenoxy) is 2. The molecule has 1 N–H and O–H groups in total. The lowest BCUT2D eigenvalue weighted by molar-refractivity contribution is -0.147. The summed E-state index contributed by atoms with van der Waals surface area (Å²) >= 11 is 0. The first kappa shape index (κ1) is 20.1. The van der Waals surface area contributed by atoms with Crippen LogP contribution in [0.2, 0.25) is 0 Å². The van der Waals surface area contributed by atoms with Gasteiger partial charge in [-0.25, -0.2) is 0 Å². The van der Waals surface area contributed by atoms with E-state index in [9.17, 15) is 19.2 Å². The van der Waals surface area contributed by atoms with Gasteiger partial charge in [0.25, 0.3) is 17.7 Å². The summed E-state index contributed by atoms with van der Waals surface area (Å²) in [6.07, 6.45) is 0.238. The maximum atomic E-state index is 12.2. The number of imide groups is 1. The molecule has 0 saturated carbocycles. The van der Waals surface area contributed by atoms with E-state index in [1.165, 1.54) is 7.11 Å². The summed E-state index contributed by atoms with van der Waals surface area (Å²) in [5.74, 6) is -1.20. The van der Waals surface area contributed by atoms with Crippen molar-refractivity contribution in [1.82, 2.24) is 4.90 Å². The SMILES string of the molecule is COc1cccc(NC(=O)COC(=O)CCCN2C(=O)c3ccccc3C2=O)c1. The molecule has 0 aromatic heterocycles. The van der Waals surface area contributed by atoms with Crippen LogP contribution < -0.4 is 10.1 Å². The van der Waals surface area contributed by atoms with Gasteiger partial charge in [-0.15, -0.1) is 0 Å². The molecule has 2 aromatic carbocycles. The lowest BCUT2D eigenvalue weighted by Crippen LogP contribution is -2.31. The Balaban J connectivity index is 1.40. The molecule has 0 spiro atoms. The number of amides is 3. The summed E-state index contributed by atoms with van der Waals surface area (Å²) in [7, 11) is 1.52. The van der Waals surface area contributed by atoms with E-state index in [2.05, 4.69) is 5.32 Å². The molecule has 0 bridgehead atoms. The zero-order valence-corrected chi connectivity index (χ0v) is 15.8. The molecular weight excluding hydrogens is 376 g/mol. The van der Waals surface area contributed by atoms with E-state index in [-0.39, 0.29) is 31.2 Å². The van der Waals surface area contributed by atoms with Crippen molar-refractivity contribution in [3.8, 4) is 5.75 Å². The van der Waals surface area contributed by atoms with Crippen molar-refractivity contribution in [2.75, 3.05) is 25.6 Å². The van der Waals surface area contributed by atoms with E-state index in [1.807, 2.05) is 0 Å². The van der Waals surface area contributed by atoms with Crippen LogP contribution in [0.4, 0.5) is 5.69 Å². The van der Waals surface area contributed by atoms with Crippen LogP contribution in [0.25, 0.3) is 0 Å². The van der Waals surface area contributed by atoms with Crippen LogP contribution in [0.1, 0.15) is 33.6 Å². The van der Waals surface area contributed by atoms with Crippen LogP contribution in [0.5, 0.6) is 5.75 Å². The fourth-order valence-corrected chi connectivity index (χ4v) is 2.94. The summed E-state index contributed by atoms with van der Waals surface area (Å²) in [5, 5.41) is 2.60. The van der Waals surface area contributed by atoms with Crippen molar-refractivity contribution < 1.29 is 28.7 Å². The summed E-state index contributed by atoms with van der Waals surface area (Å²) in [5.41, 5.74) is 1.26. The Kier molecular flexibility index (Phi) is 6.23. The Bertz CT molecular complexity index is 921. The first-order valence-corrected chi connectivity index (χ1v) is 9.04. The third-order valence-corrected chi connectivity index (χ3v) is 4.36. The number of carbonyl (C=O) groups excluding carboxylic acids is 4. The molecule has 0 aliphatic carbocycles. The second kappa shape index (κ2) is 9.01. The minimum atomic E-state index is -0.581. The lowest BCUT2D eigenvalue weighted by atomic mass is 10.1. The molecule has 3 amide bonds. The zero-order chi connectivity index (χ0) is 20.8. The number of hydrogen-bond donors (Lipinski definition) is 1. The van der Waals surface area contributed by atoms with Crippen molar-refractivity contribution in [3.63, 3.8) is 0 Å². The van der Waals surface area contributed by atoms with Crippen LogP contribution in [0, 0.1) is 0 Å². The average Bonchev–Trinajstić information content (AvgIpc) is 2.97. The Morgan fingerprint density at radius 1 is 1.00 bits per heavy atom. The van der Waals surface area contributed by atoms with Gasteiger partial charge in [0.15, 0.2) is 6.61 Å². The van der Waals surface area contributed by atoms with Crippen LogP contribution in [-0.2, 0) is 14.3 Å². The van der Waals surface area contributed by atoms with Gasteiger partial charge >= 0.3 is 5.97 Å². The third-order valence-electron chi connectivity index (χ3n) is 4.36. The maximum absolute atomic E-state index is 12.2. The summed E-state index contributed by atoms with van der Waals surface area (Å²) in [4.78, 5) is 49.3. The van der Waals surface area contributed by atoms with Crippen molar-refractivity contribution in [2.45, 2.75) is 12.8 Å². The van der Waals surface area contributed by atoms with Gasteiger partial charge in [-0.3, -0.25) is 24.1 Å². The Hall–Kier alpha value is -3.68. The first-order chi connectivity index (χ1) is 14.0. The molecule has 29 heavy (non-hydrogen) atoms. The van der Waals surface area contributed by atoms with Gasteiger partial charge in [0.1, 0.15) is 5.75 Å². The third kappa shape index (κ3) is 4.78. The van der Waals surface area contributed by atoms with Gasteiger partial charge in [0, 0.05) is 24.7 Å². The molecule has 0 fully saturated rings. The Morgan fingerprint density at radius 2 is 1.69 bits per heavy atom.